The number of carboxylic acids is 1. The van der Waals surface area contributed by atoms with E-state index in [0.29, 0.717) is 5.33 Å². The molecule has 2 nitrogen and oxygen atoms in total. The van der Waals surface area contributed by atoms with Gasteiger partial charge in [0, 0.05) is 5.33 Å². The lowest BCUT2D eigenvalue weighted by Gasteiger charge is -2.04. The van der Waals surface area contributed by atoms with Crippen LogP contribution in [0.15, 0.2) is 12.1 Å². The molecule has 0 aliphatic rings. The zero-order valence-electron chi connectivity index (χ0n) is 6.97. The Morgan fingerprint density at radius 3 is 2.69 bits per heavy atom. The average Bonchev–Trinajstić information content (AvgIpc) is 2.03. The van der Waals surface area contributed by atoms with Gasteiger partial charge in [-0.15, -0.1) is 0 Å². The predicted molar refractivity (Wildman–Crippen MR) is 50.7 cm³/mol. The molecule has 0 saturated carbocycles. The van der Waals surface area contributed by atoms with Crippen molar-refractivity contribution in [1.29, 1.82) is 0 Å². The molecule has 0 atom stereocenters. The van der Waals surface area contributed by atoms with Crippen LogP contribution >= 0.6 is 15.9 Å². The zero-order chi connectivity index (χ0) is 10.0. The first-order valence-corrected chi connectivity index (χ1v) is 4.76. The van der Waals surface area contributed by atoms with Gasteiger partial charge in [0.25, 0.3) is 0 Å². The molecule has 0 aliphatic heterocycles. The van der Waals surface area contributed by atoms with Gasteiger partial charge in [0.15, 0.2) is 0 Å². The van der Waals surface area contributed by atoms with Crippen LogP contribution in [0.4, 0.5) is 4.39 Å². The van der Waals surface area contributed by atoms with E-state index in [2.05, 4.69) is 15.9 Å². The van der Waals surface area contributed by atoms with Gasteiger partial charge in [0.1, 0.15) is 5.82 Å². The van der Waals surface area contributed by atoms with Crippen LogP contribution in [0.5, 0.6) is 0 Å². The topological polar surface area (TPSA) is 37.3 Å². The summed E-state index contributed by atoms with van der Waals surface area (Å²) in [4.78, 5) is 10.5. The van der Waals surface area contributed by atoms with Crippen molar-refractivity contribution < 1.29 is 14.3 Å². The van der Waals surface area contributed by atoms with Gasteiger partial charge in [0.05, 0.1) is 5.56 Å². The van der Waals surface area contributed by atoms with Crippen molar-refractivity contribution in [2.24, 2.45) is 0 Å². The minimum absolute atomic E-state index is 0.278. The fraction of sp³-hybridized carbons (Fsp3) is 0.222. The highest BCUT2D eigenvalue weighted by atomic mass is 79.9. The standard InChI is InChI=1S/C9H8BrFO2/c1-5-2-8(11)7(9(12)13)3-6(5)4-10/h2-3H,4H2,1H3,(H,12,13). The first kappa shape index (κ1) is 10.2. The zero-order valence-corrected chi connectivity index (χ0v) is 8.56. The van der Waals surface area contributed by atoms with Gasteiger partial charge in [-0.05, 0) is 30.2 Å². The number of hydrogen-bond donors (Lipinski definition) is 1. The monoisotopic (exact) mass is 246 g/mol. The number of hydrogen-bond acceptors (Lipinski definition) is 1. The maximum atomic E-state index is 13.0. The Bertz CT molecular complexity index is 350. The van der Waals surface area contributed by atoms with E-state index in [1.807, 2.05) is 0 Å². The van der Waals surface area contributed by atoms with Gasteiger partial charge in [-0.3, -0.25) is 0 Å². The lowest BCUT2D eigenvalue weighted by Crippen LogP contribution is -2.02. The van der Waals surface area contributed by atoms with Gasteiger partial charge in [0.2, 0.25) is 0 Å². The molecule has 0 bridgehead atoms. The highest BCUT2D eigenvalue weighted by Gasteiger charge is 2.12. The third-order valence-electron chi connectivity index (χ3n) is 1.80. The maximum absolute atomic E-state index is 13.0. The summed E-state index contributed by atoms with van der Waals surface area (Å²) in [6, 6.07) is 2.59. The predicted octanol–water partition coefficient (Wildman–Crippen LogP) is 2.73. The molecule has 0 aromatic heterocycles. The number of carboxylic acid groups (broad SMARTS) is 1. The minimum Gasteiger partial charge on any atom is -0.478 e. The summed E-state index contributed by atoms with van der Waals surface area (Å²) in [5.74, 6) is -1.92. The number of carbonyl (C=O) groups is 1. The number of alkyl halides is 1. The summed E-state index contributed by atoms with van der Waals surface area (Å²) in [7, 11) is 0. The normalized spacial score (nSPS) is 10.1. The first-order chi connectivity index (χ1) is 6.06. The Balaban J connectivity index is 3.30. The van der Waals surface area contributed by atoms with Crippen LogP contribution in [0.1, 0.15) is 21.5 Å². The highest BCUT2D eigenvalue weighted by molar-refractivity contribution is 9.08. The molecule has 0 unspecified atom stereocenters. The van der Waals surface area contributed by atoms with Crippen molar-refractivity contribution in [3.8, 4) is 0 Å². The second-order valence-electron chi connectivity index (χ2n) is 2.70. The molecule has 0 amide bonds. The van der Waals surface area contributed by atoms with Gasteiger partial charge in [-0.1, -0.05) is 15.9 Å². The third kappa shape index (κ3) is 2.06. The minimum atomic E-state index is -1.24. The lowest BCUT2D eigenvalue weighted by molar-refractivity contribution is 0.0692. The molecule has 1 rings (SSSR count). The summed E-state index contributed by atoms with van der Waals surface area (Å²) in [6.45, 7) is 1.74. The second kappa shape index (κ2) is 3.87. The van der Waals surface area contributed by atoms with Crippen molar-refractivity contribution in [3.05, 3.63) is 34.6 Å². The molecule has 0 aliphatic carbocycles. The number of aryl methyl sites for hydroxylation is 1. The summed E-state index contributed by atoms with van der Waals surface area (Å²) in [6.07, 6.45) is 0. The van der Waals surface area contributed by atoms with Gasteiger partial charge >= 0.3 is 5.97 Å². The van der Waals surface area contributed by atoms with E-state index in [1.54, 1.807) is 6.92 Å². The molecule has 4 heteroatoms. The Hall–Kier alpha value is -0.900. The molecule has 1 aromatic carbocycles. The SMILES string of the molecule is Cc1cc(F)c(C(=O)O)cc1CBr. The lowest BCUT2D eigenvalue weighted by atomic mass is 10.1. The molecule has 1 aromatic rings. The third-order valence-corrected chi connectivity index (χ3v) is 2.40. The van der Waals surface area contributed by atoms with Crippen LogP contribution in [0, 0.1) is 12.7 Å². The van der Waals surface area contributed by atoms with Gasteiger partial charge in [-0.2, -0.15) is 0 Å². The van der Waals surface area contributed by atoms with E-state index in [-0.39, 0.29) is 5.56 Å². The molecule has 13 heavy (non-hydrogen) atoms. The largest absolute Gasteiger partial charge is 0.478 e. The summed E-state index contributed by atoms with van der Waals surface area (Å²) >= 11 is 3.20. The van der Waals surface area contributed by atoms with Crippen molar-refractivity contribution in [2.45, 2.75) is 12.3 Å². The average molecular weight is 247 g/mol. The smallest absolute Gasteiger partial charge is 0.338 e. The van der Waals surface area contributed by atoms with Crippen molar-refractivity contribution >= 4 is 21.9 Å². The highest BCUT2D eigenvalue weighted by Crippen LogP contribution is 2.17. The summed E-state index contributed by atoms with van der Waals surface area (Å²) in [5, 5.41) is 9.15. The molecule has 0 radical (unpaired) electrons. The van der Waals surface area contributed by atoms with Crippen LogP contribution in [0.25, 0.3) is 0 Å². The van der Waals surface area contributed by atoms with E-state index in [0.717, 1.165) is 11.1 Å². The number of aromatic carboxylic acids is 1. The van der Waals surface area contributed by atoms with Crippen LogP contribution in [0.3, 0.4) is 0 Å². The Morgan fingerprint density at radius 1 is 1.62 bits per heavy atom. The van der Waals surface area contributed by atoms with Gasteiger partial charge < -0.3 is 5.11 Å². The van der Waals surface area contributed by atoms with Crippen LogP contribution < -0.4 is 0 Å². The Labute approximate surface area is 83.5 Å². The fourth-order valence-electron chi connectivity index (χ4n) is 1.03. The Morgan fingerprint density at radius 2 is 2.23 bits per heavy atom. The summed E-state index contributed by atoms with van der Waals surface area (Å²) < 4.78 is 13.0. The van der Waals surface area contributed by atoms with E-state index >= 15 is 0 Å². The molecule has 0 heterocycles. The van der Waals surface area contributed by atoms with E-state index in [9.17, 15) is 9.18 Å². The van der Waals surface area contributed by atoms with Crippen molar-refractivity contribution in [1.82, 2.24) is 0 Å². The first-order valence-electron chi connectivity index (χ1n) is 3.64. The number of halogens is 2. The van der Waals surface area contributed by atoms with Crippen molar-refractivity contribution in [3.63, 3.8) is 0 Å². The van der Waals surface area contributed by atoms with E-state index in [4.69, 9.17) is 5.11 Å². The van der Waals surface area contributed by atoms with E-state index in [1.165, 1.54) is 12.1 Å². The second-order valence-corrected chi connectivity index (χ2v) is 3.26. The van der Waals surface area contributed by atoms with Crippen LogP contribution in [-0.2, 0) is 5.33 Å². The molecule has 0 saturated heterocycles. The number of rotatable bonds is 2. The van der Waals surface area contributed by atoms with Crippen LogP contribution in [0.2, 0.25) is 0 Å². The number of benzene rings is 1. The molecule has 1 N–H and O–H groups in total. The molecule has 70 valence electrons. The Kier molecular flexibility index (Phi) is 3.03. The van der Waals surface area contributed by atoms with E-state index < -0.39 is 11.8 Å². The molecular weight excluding hydrogens is 239 g/mol. The fourth-order valence-corrected chi connectivity index (χ4v) is 1.63. The van der Waals surface area contributed by atoms with Gasteiger partial charge in [-0.25, -0.2) is 9.18 Å². The molecule has 0 spiro atoms. The maximum Gasteiger partial charge on any atom is 0.338 e. The van der Waals surface area contributed by atoms with Crippen LogP contribution in [-0.4, -0.2) is 11.1 Å². The molecule has 0 fully saturated rings. The summed E-state index contributed by atoms with van der Waals surface area (Å²) in [5.41, 5.74) is 1.26. The van der Waals surface area contributed by atoms with Crippen molar-refractivity contribution in [2.75, 3.05) is 0 Å². The quantitative estimate of drug-likeness (QED) is 0.816. The molecular formula is C9H8BrFO2.